The minimum absolute atomic E-state index is 0.0302. The Morgan fingerprint density at radius 3 is 2.94 bits per heavy atom. The van der Waals surface area contributed by atoms with E-state index in [1.807, 2.05) is 13.8 Å². The van der Waals surface area contributed by atoms with Crippen LogP contribution in [-0.4, -0.2) is 34.3 Å². The van der Waals surface area contributed by atoms with Gasteiger partial charge in [0.15, 0.2) is 5.82 Å². The molecule has 1 aromatic heterocycles. The molecule has 0 amide bonds. The molecule has 5 nitrogen and oxygen atoms in total. The van der Waals surface area contributed by atoms with Gasteiger partial charge in [0.1, 0.15) is 17.6 Å². The summed E-state index contributed by atoms with van der Waals surface area (Å²) in [4.78, 5) is 8.25. The number of hydrogen-bond donors (Lipinski definition) is 2. The van der Waals surface area contributed by atoms with E-state index in [9.17, 15) is 0 Å². The molecule has 1 unspecified atom stereocenters. The Labute approximate surface area is 99.8 Å². The molecule has 16 heavy (non-hydrogen) atoms. The molecule has 90 valence electrons. The molecule has 1 rings (SSSR count). The average molecular weight is 246 g/mol. The van der Waals surface area contributed by atoms with Crippen LogP contribution in [0.15, 0.2) is 6.07 Å². The molecule has 0 aliphatic rings. The Kier molecular flexibility index (Phi) is 5.45. The van der Waals surface area contributed by atoms with Gasteiger partial charge in [-0.05, 0) is 13.8 Å². The van der Waals surface area contributed by atoms with Crippen LogP contribution in [0.2, 0.25) is 5.15 Å². The number of aliphatic hydroxyl groups excluding tert-OH is 1. The molecule has 0 saturated heterocycles. The molecule has 0 aromatic carbocycles. The minimum atomic E-state index is -0.0779. The van der Waals surface area contributed by atoms with Crippen molar-refractivity contribution >= 4 is 17.4 Å². The van der Waals surface area contributed by atoms with E-state index >= 15 is 0 Å². The topological polar surface area (TPSA) is 67.3 Å². The number of anilines is 1. The molecule has 1 aromatic rings. The summed E-state index contributed by atoms with van der Waals surface area (Å²) >= 11 is 5.85. The molecule has 0 saturated carbocycles. The first-order chi connectivity index (χ1) is 7.65. The maximum atomic E-state index is 8.91. The zero-order chi connectivity index (χ0) is 12.0. The van der Waals surface area contributed by atoms with Gasteiger partial charge >= 0.3 is 0 Å². The molecule has 1 atom stereocenters. The third kappa shape index (κ3) is 4.30. The highest BCUT2D eigenvalue weighted by Gasteiger charge is 2.06. The highest BCUT2D eigenvalue weighted by molar-refractivity contribution is 6.29. The number of ether oxygens (including phenoxy) is 1. The molecule has 0 radical (unpaired) electrons. The van der Waals surface area contributed by atoms with Crippen molar-refractivity contribution in [1.82, 2.24) is 9.97 Å². The van der Waals surface area contributed by atoms with Crippen molar-refractivity contribution in [2.75, 3.05) is 18.5 Å². The number of nitrogens with one attached hydrogen (secondary N) is 1. The maximum absolute atomic E-state index is 8.91. The van der Waals surface area contributed by atoms with E-state index in [1.165, 1.54) is 0 Å². The first-order valence-electron chi connectivity index (χ1n) is 5.14. The van der Waals surface area contributed by atoms with E-state index in [0.29, 0.717) is 30.0 Å². The average Bonchev–Trinajstić information content (AvgIpc) is 2.25. The van der Waals surface area contributed by atoms with Crippen LogP contribution >= 0.6 is 11.6 Å². The van der Waals surface area contributed by atoms with Gasteiger partial charge in [0.05, 0.1) is 6.61 Å². The summed E-state index contributed by atoms with van der Waals surface area (Å²) in [7, 11) is 0. The molecule has 0 aliphatic heterocycles. The summed E-state index contributed by atoms with van der Waals surface area (Å²) in [5.41, 5.74) is 0. The Morgan fingerprint density at radius 2 is 2.31 bits per heavy atom. The third-order valence-corrected chi connectivity index (χ3v) is 2.04. The summed E-state index contributed by atoms with van der Waals surface area (Å²) < 4.78 is 5.20. The summed E-state index contributed by atoms with van der Waals surface area (Å²) in [5.74, 6) is 1.12. The van der Waals surface area contributed by atoms with Gasteiger partial charge < -0.3 is 15.2 Å². The van der Waals surface area contributed by atoms with Crippen molar-refractivity contribution in [2.24, 2.45) is 0 Å². The molecular weight excluding hydrogens is 230 g/mol. The van der Waals surface area contributed by atoms with Crippen LogP contribution in [-0.2, 0) is 11.3 Å². The fourth-order valence-corrected chi connectivity index (χ4v) is 1.30. The second kappa shape index (κ2) is 6.62. The molecular formula is C10H16ClN3O2. The molecule has 2 N–H and O–H groups in total. The molecule has 0 aliphatic carbocycles. The van der Waals surface area contributed by atoms with Gasteiger partial charge in [-0.1, -0.05) is 11.6 Å². The van der Waals surface area contributed by atoms with Crippen molar-refractivity contribution in [1.29, 1.82) is 0 Å². The van der Waals surface area contributed by atoms with E-state index in [1.54, 1.807) is 6.07 Å². The fraction of sp³-hybridized carbons (Fsp3) is 0.600. The van der Waals surface area contributed by atoms with Gasteiger partial charge in [0, 0.05) is 18.7 Å². The third-order valence-electron chi connectivity index (χ3n) is 1.84. The van der Waals surface area contributed by atoms with E-state index in [0.717, 1.165) is 0 Å². The maximum Gasteiger partial charge on any atom is 0.158 e. The molecule has 0 fully saturated rings. The number of aliphatic hydroxyl groups is 1. The molecule has 6 heteroatoms. The van der Waals surface area contributed by atoms with Gasteiger partial charge in [0.2, 0.25) is 0 Å². The smallest absolute Gasteiger partial charge is 0.158 e. The highest BCUT2D eigenvalue weighted by atomic mass is 35.5. The van der Waals surface area contributed by atoms with Gasteiger partial charge in [-0.25, -0.2) is 9.97 Å². The predicted molar refractivity (Wildman–Crippen MR) is 62.5 cm³/mol. The van der Waals surface area contributed by atoms with Gasteiger partial charge in [-0.15, -0.1) is 0 Å². The van der Waals surface area contributed by atoms with E-state index < -0.39 is 0 Å². The Balaban J connectivity index is 2.73. The lowest BCUT2D eigenvalue weighted by atomic mass is 10.3. The minimum Gasteiger partial charge on any atom is -0.394 e. The van der Waals surface area contributed by atoms with Crippen molar-refractivity contribution in [3.05, 3.63) is 17.0 Å². The summed E-state index contributed by atoms with van der Waals surface area (Å²) in [5, 5.41) is 12.3. The number of aromatic nitrogens is 2. The normalized spacial score (nSPS) is 12.5. The van der Waals surface area contributed by atoms with Crippen LogP contribution in [0, 0.1) is 0 Å². The van der Waals surface area contributed by atoms with Crippen LogP contribution in [0.1, 0.15) is 19.7 Å². The molecule has 0 spiro atoms. The van der Waals surface area contributed by atoms with E-state index in [2.05, 4.69) is 15.3 Å². The highest BCUT2D eigenvalue weighted by Crippen LogP contribution is 2.12. The number of hydrogen-bond acceptors (Lipinski definition) is 5. The van der Waals surface area contributed by atoms with Crippen LogP contribution in [0.5, 0.6) is 0 Å². The summed E-state index contributed by atoms with van der Waals surface area (Å²) in [6.07, 6.45) is 0. The largest absolute Gasteiger partial charge is 0.394 e. The van der Waals surface area contributed by atoms with Crippen LogP contribution < -0.4 is 5.32 Å². The number of nitrogens with zero attached hydrogens (tertiary/aromatic N) is 2. The second-order valence-electron chi connectivity index (χ2n) is 3.36. The van der Waals surface area contributed by atoms with Crippen molar-refractivity contribution in [3.63, 3.8) is 0 Å². The van der Waals surface area contributed by atoms with Crippen molar-refractivity contribution in [3.8, 4) is 0 Å². The standard InChI is InChI=1S/C10H16ClN3O2/c1-3-16-6-10-13-8(11)4-9(14-10)12-7(2)5-15/h4,7,15H,3,5-6H2,1-2H3,(H,12,13,14). The first kappa shape index (κ1) is 13.2. The van der Waals surface area contributed by atoms with Gasteiger partial charge in [-0.2, -0.15) is 0 Å². The number of halogens is 1. The van der Waals surface area contributed by atoms with E-state index in [4.69, 9.17) is 21.4 Å². The Morgan fingerprint density at radius 1 is 1.56 bits per heavy atom. The molecule has 0 bridgehead atoms. The molecule has 1 heterocycles. The van der Waals surface area contributed by atoms with Gasteiger partial charge in [-0.3, -0.25) is 0 Å². The zero-order valence-electron chi connectivity index (χ0n) is 9.40. The van der Waals surface area contributed by atoms with Crippen LogP contribution in [0.4, 0.5) is 5.82 Å². The Bertz CT molecular complexity index is 336. The van der Waals surface area contributed by atoms with Gasteiger partial charge in [0.25, 0.3) is 0 Å². The van der Waals surface area contributed by atoms with Crippen molar-refractivity contribution in [2.45, 2.75) is 26.5 Å². The fourth-order valence-electron chi connectivity index (χ4n) is 1.09. The Hall–Kier alpha value is -0.910. The number of rotatable bonds is 6. The monoisotopic (exact) mass is 245 g/mol. The lowest BCUT2D eigenvalue weighted by molar-refractivity contribution is 0.128. The van der Waals surface area contributed by atoms with Crippen LogP contribution in [0.3, 0.4) is 0 Å². The quantitative estimate of drug-likeness (QED) is 0.743. The summed E-state index contributed by atoms with van der Waals surface area (Å²) in [6.45, 7) is 4.71. The van der Waals surface area contributed by atoms with Crippen molar-refractivity contribution < 1.29 is 9.84 Å². The lowest BCUT2D eigenvalue weighted by Crippen LogP contribution is -2.20. The summed E-state index contributed by atoms with van der Waals surface area (Å²) in [6, 6.07) is 1.54. The van der Waals surface area contributed by atoms with E-state index in [-0.39, 0.29) is 12.6 Å². The SMILES string of the molecule is CCOCc1nc(Cl)cc(NC(C)CO)n1. The zero-order valence-corrected chi connectivity index (χ0v) is 10.2. The second-order valence-corrected chi connectivity index (χ2v) is 3.74. The lowest BCUT2D eigenvalue weighted by Gasteiger charge is -2.12. The van der Waals surface area contributed by atoms with Crippen LogP contribution in [0.25, 0.3) is 0 Å². The first-order valence-corrected chi connectivity index (χ1v) is 5.52. The predicted octanol–water partition coefficient (Wildman–Crippen LogP) is 1.46.